The van der Waals surface area contributed by atoms with Gasteiger partial charge in [-0.15, -0.1) is 0 Å². The van der Waals surface area contributed by atoms with E-state index in [1.165, 1.54) is 37.2 Å². The topological polar surface area (TPSA) is 181 Å². The van der Waals surface area contributed by atoms with Crippen molar-refractivity contribution in [2.75, 3.05) is 37.7 Å². The number of nitriles is 1. The molecule has 0 saturated carbocycles. The number of ether oxygens (including phenoxy) is 1. The molecule has 4 rings (SSSR count). The van der Waals surface area contributed by atoms with Gasteiger partial charge in [-0.05, 0) is 59.9 Å². The standard InChI is InChI=1S/C28H36N6O5/c29-13-21(11-18-4-5-20-12-23(7-6-19(20)10-18)33-8-2-1-3-9-33)28(38)32-14-22(30)15-34(31)16-25-27(37)26(36)24(35)17-39-25/h4-7,10-12,15,24-27,35-37H,1-3,8-9,14,16-17,30-31H2,(H,32,38)/b21-11+,22-15-. The van der Waals surface area contributed by atoms with Crippen molar-refractivity contribution in [2.45, 2.75) is 43.7 Å². The predicted molar refractivity (Wildman–Crippen MR) is 148 cm³/mol. The molecule has 2 saturated heterocycles. The highest BCUT2D eigenvalue weighted by Crippen LogP contribution is 2.26. The molecule has 1 amide bonds. The maximum atomic E-state index is 12.6. The summed E-state index contributed by atoms with van der Waals surface area (Å²) in [5.41, 5.74) is 8.03. The van der Waals surface area contributed by atoms with Crippen LogP contribution in [0.2, 0.25) is 0 Å². The quantitative estimate of drug-likeness (QED) is 0.119. The number of aliphatic hydroxyl groups is 3. The number of amides is 1. The highest BCUT2D eigenvalue weighted by molar-refractivity contribution is 6.02. The van der Waals surface area contributed by atoms with Gasteiger partial charge in [0.2, 0.25) is 0 Å². The van der Waals surface area contributed by atoms with E-state index in [1.807, 2.05) is 24.3 Å². The van der Waals surface area contributed by atoms with Gasteiger partial charge in [-0.25, -0.2) is 5.84 Å². The minimum Gasteiger partial charge on any atom is -0.399 e. The largest absolute Gasteiger partial charge is 0.399 e. The van der Waals surface area contributed by atoms with Gasteiger partial charge in [0.25, 0.3) is 5.91 Å². The number of nitrogens with zero attached hydrogens (tertiary/aromatic N) is 3. The Morgan fingerprint density at radius 2 is 1.85 bits per heavy atom. The summed E-state index contributed by atoms with van der Waals surface area (Å²) in [7, 11) is 0. The van der Waals surface area contributed by atoms with Crippen LogP contribution in [0.25, 0.3) is 16.8 Å². The number of fused-ring (bicyclic) bond motifs is 1. The summed E-state index contributed by atoms with van der Waals surface area (Å²) < 4.78 is 5.32. The molecule has 2 aromatic carbocycles. The van der Waals surface area contributed by atoms with Crippen molar-refractivity contribution < 1.29 is 24.9 Å². The van der Waals surface area contributed by atoms with Crippen molar-refractivity contribution in [3.63, 3.8) is 0 Å². The van der Waals surface area contributed by atoms with Gasteiger partial charge in [0.15, 0.2) is 0 Å². The Hall–Kier alpha value is -3.66. The van der Waals surface area contributed by atoms with E-state index in [0.717, 1.165) is 34.4 Å². The van der Waals surface area contributed by atoms with E-state index in [9.17, 15) is 25.4 Å². The van der Waals surface area contributed by atoms with Gasteiger partial charge < -0.3 is 41.0 Å². The molecule has 11 heteroatoms. The Morgan fingerprint density at radius 1 is 1.13 bits per heavy atom. The highest BCUT2D eigenvalue weighted by Gasteiger charge is 2.37. The molecular weight excluding hydrogens is 500 g/mol. The number of aliphatic hydroxyl groups excluding tert-OH is 3. The molecule has 2 fully saturated rings. The van der Waals surface area contributed by atoms with Crippen molar-refractivity contribution >= 4 is 28.4 Å². The lowest BCUT2D eigenvalue weighted by Gasteiger charge is -2.36. The van der Waals surface area contributed by atoms with Gasteiger partial charge >= 0.3 is 0 Å². The zero-order valence-electron chi connectivity index (χ0n) is 21.7. The third kappa shape index (κ3) is 7.26. The molecule has 11 nitrogen and oxygen atoms in total. The number of nitrogens with one attached hydrogen (secondary N) is 1. The summed E-state index contributed by atoms with van der Waals surface area (Å²) in [5.74, 6) is 5.32. The summed E-state index contributed by atoms with van der Waals surface area (Å²) in [6.45, 7) is 1.93. The zero-order chi connectivity index (χ0) is 27.9. The molecule has 8 N–H and O–H groups in total. The summed E-state index contributed by atoms with van der Waals surface area (Å²) in [5, 5.41) is 44.8. The Balaban J connectivity index is 1.34. The lowest BCUT2D eigenvalue weighted by molar-refractivity contribution is -0.189. The van der Waals surface area contributed by atoms with Crippen LogP contribution in [0.4, 0.5) is 5.69 Å². The first kappa shape index (κ1) is 28.4. The van der Waals surface area contributed by atoms with E-state index in [2.05, 4.69) is 28.4 Å². The van der Waals surface area contributed by atoms with E-state index in [1.54, 1.807) is 0 Å². The van der Waals surface area contributed by atoms with Crippen LogP contribution in [-0.2, 0) is 9.53 Å². The number of carbonyl (C=O) groups excluding carboxylic acids is 1. The van der Waals surface area contributed by atoms with Crippen molar-refractivity contribution in [1.82, 2.24) is 10.3 Å². The third-order valence-corrected chi connectivity index (χ3v) is 7.03. The summed E-state index contributed by atoms with van der Waals surface area (Å²) >= 11 is 0. The number of hydrazine groups is 1. The Bertz CT molecular complexity index is 1270. The molecule has 0 spiro atoms. The summed E-state index contributed by atoms with van der Waals surface area (Å²) in [4.78, 5) is 15.0. The Morgan fingerprint density at radius 3 is 2.59 bits per heavy atom. The highest BCUT2D eigenvalue weighted by atomic mass is 16.5. The molecule has 0 radical (unpaired) electrons. The molecule has 4 atom stereocenters. The van der Waals surface area contributed by atoms with Crippen LogP contribution in [0, 0.1) is 11.3 Å². The molecule has 2 heterocycles. The van der Waals surface area contributed by atoms with Crippen molar-refractivity contribution in [3.8, 4) is 6.07 Å². The van der Waals surface area contributed by atoms with Gasteiger partial charge in [0.05, 0.1) is 19.7 Å². The van der Waals surface area contributed by atoms with Crippen LogP contribution < -0.4 is 21.8 Å². The van der Waals surface area contributed by atoms with Crippen LogP contribution in [0.15, 0.2) is 53.9 Å². The first-order valence-electron chi connectivity index (χ1n) is 13.1. The van der Waals surface area contributed by atoms with Crippen LogP contribution in [-0.4, -0.2) is 83.4 Å². The number of anilines is 1. The second kappa shape index (κ2) is 12.9. The molecular formula is C28H36N6O5. The Kier molecular flexibility index (Phi) is 9.40. The molecule has 208 valence electrons. The number of benzene rings is 2. The molecule has 4 unspecified atom stereocenters. The van der Waals surface area contributed by atoms with Crippen molar-refractivity contribution in [3.05, 3.63) is 59.4 Å². The van der Waals surface area contributed by atoms with Gasteiger partial charge in [-0.2, -0.15) is 5.26 Å². The molecule has 2 aliphatic heterocycles. The van der Waals surface area contributed by atoms with Gasteiger partial charge in [-0.1, -0.05) is 18.2 Å². The van der Waals surface area contributed by atoms with Crippen LogP contribution in [0.1, 0.15) is 24.8 Å². The third-order valence-electron chi connectivity index (χ3n) is 7.03. The normalized spacial score (nSPS) is 24.3. The molecule has 2 aromatic rings. The second-order valence-corrected chi connectivity index (χ2v) is 10.0. The Labute approximate surface area is 227 Å². The van der Waals surface area contributed by atoms with Gasteiger partial charge in [-0.3, -0.25) is 4.79 Å². The predicted octanol–water partition coefficient (Wildman–Crippen LogP) is 0.311. The maximum Gasteiger partial charge on any atom is 0.262 e. The number of nitrogens with two attached hydrogens (primary N) is 2. The lowest BCUT2D eigenvalue weighted by atomic mass is 10.00. The molecule has 39 heavy (non-hydrogen) atoms. The maximum absolute atomic E-state index is 12.6. The number of hydrogen-bond acceptors (Lipinski definition) is 10. The summed E-state index contributed by atoms with van der Waals surface area (Å²) in [6, 6.07) is 14.1. The fourth-order valence-corrected chi connectivity index (χ4v) is 4.83. The minimum absolute atomic E-state index is 0.00949. The number of piperidine rings is 1. The van der Waals surface area contributed by atoms with Crippen molar-refractivity contribution in [1.29, 1.82) is 5.26 Å². The van der Waals surface area contributed by atoms with E-state index in [4.69, 9.17) is 16.3 Å². The fraction of sp³-hybridized carbons (Fsp3) is 0.429. The first-order chi connectivity index (χ1) is 18.7. The number of carbonyl (C=O) groups is 1. The van der Waals surface area contributed by atoms with Crippen LogP contribution in [0.3, 0.4) is 0 Å². The monoisotopic (exact) mass is 536 g/mol. The molecule has 0 aliphatic carbocycles. The van der Waals surface area contributed by atoms with Crippen LogP contribution >= 0.6 is 0 Å². The second-order valence-electron chi connectivity index (χ2n) is 10.0. The smallest absolute Gasteiger partial charge is 0.262 e. The van der Waals surface area contributed by atoms with Gasteiger partial charge in [0.1, 0.15) is 36.1 Å². The minimum atomic E-state index is -1.34. The van der Waals surface area contributed by atoms with Crippen molar-refractivity contribution in [2.24, 2.45) is 11.6 Å². The molecule has 0 bridgehead atoms. The number of rotatable bonds is 8. The van der Waals surface area contributed by atoms with Crippen LogP contribution in [0.5, 0.6) is 0 Å². The molecule has 2 aliphatic rings. The van der Waals surface area contributed by atoms with E-state index in [-0.39, 0.29) is 31.0 Å². The average molecular weight is 537 g/mol. The summed E-state index contributed by atoms with van der Waals surface area (Å²) in [6.07, 6.45) is 1.92. The average Bonchev–Trinajstić information content (AvgIpc) is 2.95. The zero-order valence-corrected chi connectivity index (χ0v) is 21.7. The first-order valence-corrected chi connectivity index (χ1v) is 13.1. The molecule has 0 aromatic heterocycles. The number of hydrogen-bond donors (Lipinski definition) is 6. The van der Waals surface area contributed by atoms with E-state index < -0.39 is 30.3 Å². The lowest BCUT2D eigenvalue weighted by Crippen LogP contribution is -2.56. The van der Waals surface area contributed by atoms with Gasteiger partial charge in [0, 0.05) is 30.7 Å². The van der Waals surface area contributed by atoms with E-state index in [0.29, 0.717) is 0 Å². The SMILES string of the molecule is N#C/C(=C\c1ccc2cc(N3CCCCC3)ccc2c1)C(=O)NC/C(N)=C/N(N)CC1OCC(O)C(O)C1O. The van der Waals surface area contributed by atoms with E-state index >= 15 is 0 Å². The fourth-order valence-electron chi connectivity index (χ4n) is 4.83.